The van der Waals surface area contributed by atoms with E-state index in [2.05, 4.69) is 21.2 Å². The van der Waals surface area contributed by atoms with E-state index in [1.165, 1.54) is 27.8 Å². The maximum atomic E-state index is 13.1. The Balaban J connectivity index is 1.78. The molecule has 1 aromatic carbocycles. The molecular weight excluding hydrogens is 532 g/mol. The zero-order chi connectivity index (χ0) is 22.8. The number of hydrogen-bond acceptors (Lipinski definition) is 7. The quantitative estimate of drug-likeness (QED) is 0.512. The highest BCUT2D eigenvalue weighted by molar-refractivity contribution is 9.10. The SMILES string of the molecule is CCOC(=O)[C@H](CO)NC(=O)c1csc2c1CCN(S(=O)(=O)c1ccc(Br)cc1Cl)C2. The smallest absolute Gasteiger partial charge is 0.331 e. The number of ether oxygens (including phenoxy) is 1. The molecule has 0 bridgehead atoms. The van der Waals surface area contributed by atoms with Crippen molar-refractivity contribution in [1.82, 2.24) is 9.62 Å². The Morgan fingerprint density at radius 1 is 1.42 bits per heavy atom. The zero-order valence-corrected chi connectivity index (χ0v) is 20.4. The molecule has 1 aromatic heterocycles. The highest BCUT2D eigenvalue weighted by atomic mass is 79.9. The molecule has 0 spiro atoms. The van der Waals surface area contributed by atoms with E-state index in [0.29, 0.717) is 16.5 Å². The number of nitrogens with one attached hydrogen (secondary N) is 1. The molecule has 0 fully saturated rings. The van der Waals surface area contributed by atoms with E-state index in [-0.39, 0.29) is 29.6 Å². The summed E-state index contributed by atoms with van der Waals surface area (Å²) >= 11 is 10.7. The van der Waals surface area contributed by atoms with Crippen LogP contribution in [0.5, 0.6) is 0 Å². The third kappa shape index (κ3) is 5.12. The number of rotatable bonds is 7. The molecular formula is C19H20BrClN2O6S2. The molecule has 31 heavy (non-hydrogen) atoms. The van der Waals surface area contributed by atoms with Crippen molar-refractivity contribution in [2.24, 2.45) is 0 Å². The van der Waals surface area contributed by atoms with Crippen LogP contribution in [0.1, 0.15) is 27.7 Å². The van der Waals surface area contributed by atoms with Gasteiger partial charge in [0.05, 0.1) is 23.8 Å². The molecule has 0 saturated carbocycles. The molecule has 0 radical (unpaired) electrons. The number of sulfonamides is 1. The first-order valence-electron chi connectivity index (χ1n) is 9.31. The number of hydrogen-bond donors (Lipinski definition) is 2. The Hall–Kier alpha value is -1.50. The molecule has 0 saturated heterocycles. The van der Waals surface area contributed by atoms with Crippen LogP contribution in [0, 0.1) is 0 Å². The first-order valence-corrected chi connectivity index (χ1v) is 12.8. The molecule has 0 unspecified atom stereocenters. The van der Waals surface area contributed by atoms with E-state index in [0.717, 1.165) is 10.4 Å². The molecule has 2 aromatic rings. The number of esters is 1. The average Bonchev–Trinajstić information content (AvgIpc) is 3.15. The van der Waals surface area contributed by atoms with E-state index >= 15 is 0 Å². The summed E-state index contributed by atoms with van der Waals surface area (Å²) in [6.45, 7) is 1.47. The molecule has 2 N–H and O–H groups in total. The number of carbonyl (C=O) groups is 2. The van der Waals surface area contributed by atoms with Crippen LogP contribution in [0.3, 0.4) is 0 Å². The van der Waals surface area contributed by atoms with Crippen molar-refractivity contribution in [3.8, 4) is 0 Å². The van der Waals surface area contributed by atoms with Crippen LogP contribution >= 0.6 is 38.9 Å². The van der Waals surface area contributed by atoms with Crippen molar-refractivity contribution in [2.75, 3.05) is 19.8 Å². The predicted octanol–water partition coefficient (Wildman–Crippen LogP) is 2.56. The molecule has 1 aliphatic rings. The molecule has 12 heteroatoms. The highest BCUT2D eigenvalue weighted by Crippen LogP contribution is 2.34. The molecule has 1 atom stereocenters. The van der Waals surface area contributed by atoms with Crippen molar-refractivity contribution in [1.29, 1.82) is 0 Å². The maximum Gasteiger partial charge on any atom is 0.331 e. The number of thiophene rings is 1. The summed E-state index contributed by atoms with van der Waals surface area (Å²) in [6, 6.07) is 3.43. The number of amides is 1. The lowest BCUT2D eigenvalue weighted by atomic mass is 10.0. The summed E-state index contributed by atoms with van der Waals surface area (Å²) in [5, 5.41) is 13.6. The Bertz CT molecular complexity index is 1100. The molecule has 3 rings (SSSR count). The fourth-order valence-corrected chi connectivity index (χ4v) is 6.78. The Labute approximate surface area is 197 Å². The first kappa shape index (κ1) is 24.1. The molecule has 1 amide bonds. The van der Waals surface area contributed by atoms with E-state index in [9.17, 15) is 23.1 Å². The molecule has 2 heterocycles. The Morgan fingerprint density at radius 3 is 2.81 bits per heavy atom. The molecule has 1 aliphatic heterocycles. The number of aliphatic hydroxyl groups excluding tert-OH is 1. The van der Waals surface area contributed by atoms with E-state index in [1.54, 1.807) is 18.4 Å². The van der Waals surface area contributed by atoms with Gasteiger partial charge in [0.1, 0.15) is 4.90 Å². The van der Waals surface area contributed by atoms with Crippen LogP contribution in [-0.2, 0) is 32.5 Å². The lowest BCUT2D eigenvalue weighted by Crippen LogP contribution is -2.44. The highest BCUT2D eigenvalue weighted by Gasteiger charge is 2.33. The van der Waals surface area contributed by atoms with Crippen LogP contribution in [0.25, 0.3) is 0 Å². The summed E-state index contributed by atoms with van der Waals surface area (Å²) in [4.78, 5) is 25.2. The van der Waals surface area contributed by atoms with E-state index in [4.69, 9.17) is 16.3 Å². The van der Waals surface area contributed by atoms with Crippen LogP contribution < -0.4 is 5.32 Å². The van der Waals surface area contributed by atoms with Gasteiger partial charge in [-0.1, -0.05) is 27.5 Å². The fourth-order valence-electron chi connectivity index (χ4n) is 3.18. The molecule has 0 aliphatic carbocycles. The number of benzene rings is 1. The predicted molar refractivity (Wildman–Crippen MR) is 120 cm³/mol. The monoisotopic (exact) mass is 550 g/mol. The number of halogens is 2. The van der Waals surface area contributed by atoms with Crippen LogP contribution in [0.4, 0.5) is 0 Å². The molecule has 8 nitrogen and oxygen atoms in total. The van der Waals surface area contributed by atoms with Gasteiger partial charge in [0.2, 0.25) is 10.0 Å². The maximum absolute atomic E-state index is 13.1. The second-order valence-electron chi connectivity index (χ2n) is 6.68. The van der Waals surface area contributed by atoms with Gasteiger partial charge in [-0.25, -0.2) is 13.2 Å². The van der Waals surface area contributed by atoms with E-state index < -0.39 is 34.5 Å². The summed E-state index contributed by atoms with van der Waals surface area (Å²) in [7, 11) is -3.81. The lowest BCUT2D eigenvalue weighted by molar-refractivity contribution is -0.146. The zero-order valence-electron chi connectivity index (χ0n) is 16.4. The standard InChI is InChI=1S/C19H20BrClN2O6S2/c1-2-29-19(26)15(9-24)22-18(25)13-10-30-16-8-23(6-5-12(13)16)31(27,28)17-4-3-11(20)7-14(17)21/h3-4,7,10,15,24H,2,5-6,8-9H2,1H3,(H,22,25)/t15-/m0/s1. The third-order valence-electron chi connectivity index (χ3n) is 4.73. The number of nitrogens with zero attached hydrogens (tertiary/aromatic N) is 1. The minimum atomic E-state index is -3.81. The number of aliphatic hydroxyl groups is 1. The van der Waals surface area contributed by atoms with Crippen molar-refractivity contribution in [3.63, 3.8) is 0 Å². The van der Waals surface area contributed by atoms with Crippen molar-refractivity contribution >= 4 is 60.8 Å². The lowest BCUT2D eigenvalue weighted by Gasteiger charge is -2.27. The fraction of sp³-hybridized carbons (Fsp3) is 0.368. The number of carbonyl (C=O) groups excluding carboxylic acids is 2. The first-order chi connectivity index (χ1) is 14.7. The second kappa shape index (κ2) is 9.97. The van der Waals surface area contributed by atoms with Gasteiger partial charge >= 0.3 is 5.97 Å². The average molecular weight is 552 g/mol. The summed E-state index contributed by atoms with van der Waals surface area (Å²) in [5.41, 5.74) is 1.10. The third-order valence-corrected chi connectivity index (χ3v) is 8.56. The van der Waals surface area contributed by atoms with Crippen molar-refractivity contribution in [2.45, 2.75) is 30.8 Å². The van der Waals surface area contributed by atoms with Gasteiger partial charge in [-0.3, -0.25) is 4.79 Å². The van der Waals surface area contributed by atoms with Crippen LogP contribution in [0.15, 0.2) is 32.9 Å². The van der Waals surface area contributed by atoms with Crippen molar-refractivity contribution < 1.29 is 27.9 Å². The minimum absolute atomic E-state index is 0.0237. The Morgan fingerprint density at radius 2 is 2.16 bits per heavy atom. The van der Waals surface area contributed by atoms with Gasteiger partial charge in [0.15, 0.2) is 6.04 Å². The van der Waals surface area contributed by atoms with E-state index in [1.807, 2.05) is 0 Å². The summed E-state index contributed by atoms with van der Waals surface area (Å²) in [5.74, 6) is -1.23. The summed E-state index contributed by atoms with van der Waals surface area (Å²) < 4.78 is 33.0. The number of fused-ring (bicyclic) bond motifs is 1. The largest absolute Gasteiger partial charge is 0.464 e. The van der Waals surface area contributed by atoms with Gasteiger partial charge in [0.25, 0.3) is 5.91 Å². The summed E-state index contributed by atoms with van der Waals surface area (Å²) in [6.07, 6.45) is 0.332. The van der Waals surface area contributed by atoms with Gasteiger partial charge in [0, 0.05) is 27.8 Å². The van der Waals surface area contributed by atoms with Crippen molar-refractivity contribution in [3.05, 3.63) is 49.1 Å². The second-order valence-corrected chi connectivity index (χ2v) is 10.9. The minimum Gasteiger partial charge on any atom is -0.464 e. The normalized spacial score (nSPS) is 15.2. The van der Waals surface area contributed by atoms with Crippen LogP contribution in [0.2, 0.25) is 5.02 Å². The molecule has 168 valence electrons. The van der Waals surface area contributed by atoms with Gasteiger partial charge in [-0.15, -0.1) is 11.3 Å². The van der Waals surface area contributed by atoms with Gasteiger partial charge < -0.3 is 15.2 Å². The van der Waals surface area contributed by atoms with Gasteiger partial charge in [-0.2, -0.15) is 4.31 Å². The van der Waals surface area contributed by atoms with Gasteiger partial charge in [-0.05, 0) is 37.1 Å². The van der Waals surface area contributed by atoms with Crippen LogP contribution in [-0.4, -0.2) is 55.5 Å². The topological polar surface area (TPSA) is 113 Å². The Kier molecular flexibility index (Phi) is 7.76.